The largest absolute Gasteiger partial charge is 0.354 e. The molecule has 0 radical (unpaired) electrons. The third-order valence-electron chi connectivity index (χ3n) is 5.93. The van der Waals surface area contributed by atoms with Gasteiger partial charge in [0.2, 0.25) is 21.8 Å². The summed E-state index contributed by atoms with van der Waals surface area (Å²) in [5.74, 6) is -0.557. The minimum absolute atomic E-state index is 0.0197. The molecule has 0 heterocycles. The van der Waals surface area contributed by atoms with E-state index in [0.29, 0.717) is 34.3 Å². The van der Waals surface area contributed by atoms with Gasteiger partial charge < -0.3 is 10.2 Å². The third-order valence-corrected chi connectivity index (χ3v) is 7.65. The van der Waals surface area contributed by atoms with Crippen molar-refractivity contribution in [2.24, 2.45) is 5.92 Å². The monoisotopic (exact) mass is 569 g/mol. The summed E-state index contributed by atoms with van der Waals surface area (Å²) in [7, 11) is -3.82. The smallest absolute Gasteiger partial charge is 0.244 e. The molecule has 0 aliphatic heterocycles. The number of sulfonamides is 1. The Kier molecular flexibility index (Phi) is 11.3. The number of anilines is 1. The first kappa shape index (κ1) is 30.9. The van der Waals surface area contributed by atoms with Crippen molar-refractivity contribution in [3.05, 3.63) is 63.6 Å². The van der Waals surface area contributed by atoms with Crippen LogP contribution < -0.4 is 9.62 Å². The van der Waals surface area contributed by atoms with Gasteiger partial charge in [-0.3, -0.25) is 13.9 Å². The first-order valence-corrected chi connectivity index (χ1v) is 14.9. The zero-order valence-electron chi connectivity index (χ0n) is 22.3. The number of benzene rings is 2. The first-order valence-electron chi connectivity index (χ1n) is 12.3. The van der Waals surface area contributed by atoms with E-state index in [1.807, 2.05) is 46.8 Å². The average Bonchev–Trinajstić information content (AvgIpc) is 2.81. The lowest BCUT2D eigenvalue weighted by Crippen LogP contribution is -2.52. The SMILES string of the molecule is CC[C@H](C(=O)NCC(C)C)N(Cc1ccc(Cl)cc1Cl)C(=O)CN(c1ccccc1C(C)C)S(C)(=O)=O. The van der Waals surface area contributed by atoms with Gasteiger partial charge in [0.15, 0.2) is 0 Å². The third kappa shape index (κ3) is 8.62. The van der Waals surface area contributed by atoms with Crippen molar-refractivity contribution in [3.8, 4) is 0 Å². The van der Waals surface area contributed by atoms with E-state index in [-0.39, 0.29) is 24.3 Å². The van der Waals surface area contributed by atoms with Gasteiger partial charge in [-0.05, 0) is 47.6 Å². The maximum Gasteiger partial charge on any atom is 0.244 e. The van der Waals surface area contributed by atoms with Crippen LogP contribution in [0.3, 0.4) is 0 Å². The molecule has 0 spiro atoms. The van der Waals surface area contributed by atoms with Crippen molar-refractivity contribution in [2.75, 3.05) is 23.7 Å². The van der Waals surface area contributed by atoms with E-state index < -0.39 is 28.5 Å². The fourth-order valence-corrected chi connectivity index (χ4v) is 5.31. The lowest BCUT2D eigenvalue weighted by molar-refractivity contribution is -0.140. The molecule has 7 nitrogen and oxygen atoms in total. The molecule has 2 aromatic carbocycles. The molecule has 37 heavy (non-hydrogen) atoms. The van der Waals surface area contributed by atoms with E-state index in [1.54, 1.807) is 30.3 Å². The van der Waals surface area contributed by atoms with E-state index in [2.05, 4.69) is 5.32 Å². The summed E-state index contributed by atoms with van der Waals surface area (Å²) in [6, 6.07) is 11.2. The Morgan fingerprint density at radius 2 is 1.68 bits per heavy atom. The van der Waals surface area contributed by atoms with Gasteiger partial charge in [0.05, 0.1) is 11.9 Å². The average molecular weight is 571 g/mol. The summed E-state index contributed by atoms with van der Waals surface area (Å²) in [5.41, 5.74) is 1.84. The molecule has 0 unspecified atom stereocenters. The molecule has 0 aliphatic rings. The van der Waals surface area contributed by atoms with Gasteiger partial charge in [-0.15, -0.1) is 0 Å². The Labute approximate surface area is 231 Å². The molecule has 0 aromatic heterocycles. The Morgan fingerprint density at radius 3 is 2.22 bits per heavy atom. The van der Waals surface area contributed by atoms with Crippen molar-refractivity contribution >= 4 is 50.7 Å². The lowest BCUT2D eigenvalue weighted by atomic mass is 10.0. The summed E-state index contributed by atoms with van der Waals surface area (Å²) in [4.78, 5) is 28.4. The molecule has 0 bridgehead atoms. The number of hydrogen-bond acceptors (Lipinski definition) is 4. The minimum atomic E-state index is -3.82. The van der Waals surface area contributed by atoms with Crippen molar-refractivity contribution in [3.63, 3.8) is 0 Å². The summed E-state index contributed by atoms with van der Waals surface area (Å²) in [6.07, 6.45) is 1.41. The number of halogens is 2. The normalized spacial score (nSPS) is 12.5. The molecule has 0 fully saturated rings. The quantitative estimate of drug-likeness (QED) is 0.367. The van der Waals surface area contributed by atoms with E-state index in [0.717, 1.165) is 16.1 Å². The van der Waals surface area contributed by atoms with Crippen LogP contribution in [0.25, 0.3) is 0 Å². The molecule has 1 atom stereocenters. The standard InChI is InChI=1S/C27H37Cl2N3O4S/c1-7-24(27(34)30-15-18(2)3)31(16-20-12-13-21(28)14-23(20)29)26(33)17-32(37(6,35)36)25-11-9-8-10-22(25)19(4)5/h8-14,18-19,24H,7,15-17H2,1-6H3,(H,30,34)/t24-/m1/s1. The fourth-order valence-electron chi connectivity index (χ4n) is 3.97. The molecule has 0 aliphatic carbocycles. The highest BCUT2D eigenvalue weighted by molar-refractivity contribution is 7.92. The molecular formula is C27H37Cl2N3O4S. The Morgan fingerprint density at radius 1 is 1.03 bits per heavy atom. The molecule has 2 rings (SSSR count). The zero-order chi connectivity index (χ0) is 27.9. The second-order valence-electron chi connectivity index (χ2n) is 9.80. The van der Waals surface area contributed by atoms with E-state index in [4.69, 9.17) is 23.2 Å². The number of carbonyl (C=O) groups is 2. The van der Waals surface area contributed by atoms with Gasteiger partial charge in [0.25, 0.3) is 0 Å². The number of para-hydroxylation sites is 1. The topological polar surface area (TPSA) is 86.8 Å². The maximum absolute atomic E-state index is 13.9. The van der Waals surface area contributed by atoms with Gasteiger partial charge in [-0.25, -0.2) is 8.42 Å². The Balaban J connectivity index is 2.52. The number of hydrogen-bond donors (Lipinski definition) is 1. The summed E-state index contributed by atoms with van der Waals surface area (Å²) in [5, 5.41) is 3.70. The van der Waals surface area contributed by atoms with Crippen LogP contribution in [0.4, 0.5) is 5.69 Å². The van der Waals surface area contributed by atoms with E-state index in [1.165, 1.54) is 4.90 Å². The molecule has 0 saturated carbocycles. The van der Waals surface area contributed by atoms with E-state index >= 15 is 0 Å². The number of nitrogens with zero attached hydrogens (tertiary/aromatic N) is 2. The van der Waals surface area contributed by atoms with Gasteiger partial charge in [-0.2, -0.15) is 0 Å². The maximum atomic E-state index is 13.9. The van der Waals surface area contributed by atoms with E-state index in [9.17, 15) is 18.0 Å². The van der Waals surface area contributed by atoms with Crippen molar-refractivity contribution in [1.82, 2.24) is 10.2 Å². The van der Waals surface area contributed by atoms with Crippen LogP contribution in [0.2, 0.25) is 10.0 Å². The Bertz CT molecular complexity index is 1200. The molecule has 0 saturated heterocycles. The molecule has 2 aromatic rings. The summed E-state index contributed by atoms with van der Waals surface area (Å²) >= 11 is 12.5. The van der Waals surface area contributed by atoms with Gasteiger partial charge in [0, 0.05) is 23.1 Å². The van der Waals surface area contributed by atoms with Crippen LogP contribution in [-0.4, -0.2) is 50.5 Å². The minimum Gasteiger partial charge on any atom is -0.354 e. The van der Waals surface area contributed by atoms with Gasteiger partial charge >= 0.3 is 0 Å². The van der Waals surface area contributed by atoms with Crippen LogP contribution in [0.5, 0.6) is 0 Å². The van der Waals surface area contributed by atoms with Gasteiger partial charge in [0.1, 0.15) is 12.6 Å². The number of rotatable bonds is 12. The van der Waals surface area contributed by atoms with Gasteiger partial charge in [-0.1, -0.05) is 82.1 Å². The predicted molar refractivity (Wildman–Crippen MR) is 152 cm³/mol. The second-order valence-corrected chi connectivity index (χ2v) is 12.6. The van der Waals surface area contributed by atoms with Crippen LogP contribution in [0.1, 0.15) is 58.1 Å². The van der Waals surface area contributed by atoms with Crippen LogP contribution >= 0.6 is 23.2 Å². The van der Waals surface area contributed by atoms with Crippen LogP contribution in [0, 0.1) is 5.92 Å². The lowest BCUT2D eigenvalue weighted by Gasteiger charge is -2.33. The number of carbonyl (C=O) groups excluding carboxylic acids is 2. The summed E-state index contributed by atoms with van der Waals surface area (Å²) < 4.78 is 26.9. The molecule has 1 N–H and O–H groups in total. The second kappa shape index (κ2) is 13.5. The molecule has 204 valence electrons. The molecular weight excluding hydrogens is 533 g/mol. The molecule has 2 amide bonds. The summed E-state index contributed by atoms with van der Waals surface area (Å²) in [6.45, 7) is 9.71. The predicted octanol–water partition coefficient (Wildman–Crippen LogP) is 5.46. The zero-order valence-corrected chi connectivity index (χ0v) is 24.6. The Hall–Kier alpha value is -2.29. The highest BCUT2D eigenvalue weighted by Crippen LogP contribution is 2.30. The van der Waals surface area contributed by atoms with Crippen LogP contribution in [-0.2, 0) is 26.2 Å². The highest BCUT2D eigenvalue weighted by Gasteiger charge is 2.32. The molecule has 10 heteroatoms. The van der Waals surface area contributed by atoms with Crippen LogP contribution in [0.15, 0.2) is 42.5 Å². The van der Waals surface area contributed by atoms with Crippen molar-refractivity contribution < 1.29 is 18.0 Å². The number of nitrogens with one attached hydrogen (secondary N) is 1. The van der Waals surface area contributed by atoms with Crippen molar-refractivity contribution in [1.29, 1.82) is 0 Å². The number of amides is 2. The highest BCUT2D eigenvalue weighted by atomic mass is 35.5. The first-order chi connectivity index (χ1) is 17.3. The fraction of sp³-hybridized carbons (Fsp3) is 0.481. The van der Waals surface area contributed by atoms with Crippen molar-refractivity contribution in [2.45, 2.75) is 59.5 Å².